The molecule has 0 spiro atoms. The predicted molar refractivity (Wildman–Crippen MR) is 117 cm³/mol. The number of benzene rings is 2. The lowest BCUT2D eigenvalue weighted by Gasteiger charge is -2.08. The molecule has 0 unspecified atom stereocenters. The molecule has 0 aliphatic carbocycles. The van der Waals surface area contributed by atoms with Gasteiger partial charge in [-0.25, -0.2) is 4.98 Å². The van der Waals surface area contributed by atoms with Crippen LogP contribution in [0.2, 0.25) is 0 Å². The van der Waals surface area contributed by atoms with E-state index in [1.165, 1.54) is 38.5 Å². The van der Waals surface area contributed by atoms with Gasteiger partial charge in [0, 0.05) is 5.69 Å². The molecule has 3 aromatic heterocycles. The number of aromatic amines is 1. The smallest absolute Gasteiger partial charge is 0.435 e. The third-order valence-electron chi connectivity index (χ3n) is 5.44. The van der Waals surface area contributed by atoms with E-state index in [2.05, 4.69) is 15.1 Å². The van der Waals surface area contributed by atoms with Gasteiger partial charge >= 0.3 is 6.18 Å². The molecule has 1 N–H and O–H groups in total. The highest BCUT2D eigenvalue weighted by atomic mass is 19.4. The second-order valence-corrected chi connectivity index (χ2v) is 7.47. The van der Waals surface area contributed by atoms with Gasteiger partial charge in [-0.3, -0.25) is 4.79 Å². The number of nitrogens with one attached hydrogen (secondary N) is 1. The number of nitrogens with zero attached hydrogens (tertiary/aromatic N) is 3. The Bertz CT molecular complexity index is 1600. The summed E-state index contributed by atoms with van der Waals surface area (Å²) in [6, 6.07) is 11.0. The van der Waals surface area contributed by atoms with E-state index < -0.39 is 17.4 Å². The highest BCUT2D eigenvalue weighted by Crippen LogP contribution is 2.39. The summed E-state index contributed by atoms with van der Waals surface area (Å²) in [5.74, 6) is 0.852. The first-order chi connectivity index (χ1) is 16.2. The van der Waals surface area contributed by atoms with Gasteiger partial charge in [-0.2, -0.15) is 22.8 Å². The second kappa shape index (κ2) is 7.65. The third kappa shape index (κ3) is 3.28. The summed E-state index contributed by atoms with van der Waals surface area (Å²) < 4.78 is 58.6. The van der Waals surface area contributed by atoms with Gasteiger partial charge in [0.2, 0.25) is 5.89 Å². The lowest BCUT2D eigenvalue weighted by Crippen LogP contribution is -2.19. The fraction of sp³-hybridized carbons (Fsp3) is 0.174. The number of aryl methyl sites for hydroxylation is 1. The summed E-state index contributed by atoms with van der Waals surface area (Å²) in [6.07, 6.45) is -4.80. The average Bonchev–Trinajstić information content (AvgIpc) is 3.41. The van der Waals surface area contributed by atoms with E-state index in [0.29, 0.717) is 27.1 Å². The zero-order chi connectivity index (χ0) is 24.2. The van der Waals surface area contributed by atoms with E-state index in [9.17, 15) is 18.0 Å². The van der Waals surface area contributed by atoms with E-state index in [4.69, 9.17) is 13.9 Å². The highest BCUT2D eigenvalue weighted by Gasteiger charge is 2.39. The number of H-pyrrole nitrogens is 1. The van der Waals surface area contributed by atoms with Crippen LogP contribution in [0, 0.1) is 6.92 Å². The summed E-state index contributed by atoms with van der Waals surface area (Å²) in [5.41, 5.74) is -1.15. The minimum absolute atomic E-state index is 0.0386. The number of methoxy groups -OCH3 is 2. The van der Waals surface area contributed by atoms with Crippen LogP contribution in [-0.4, -0.2) is 33.8 Å². The molecule has 0 aliphatic rings. The molecule has 3 heterocycles. The molecule has 34 heavy (non-hydrogen) atoms. The van der Waals surface area contributed by atoms with Crippen molar-refractivity contribution in [2.24, 2.45) is 0 Å². The van der Waals surface area contributed by atoms with Crippen LogP contribution in [0.5, 0.6) is 11.5 Å². The summed E-state index contributed by atoms with van der Waals surface area (Å²) in [6.45, 7) is 1.56. The van der Waals surface area contributed by atoms with Crippen LogP contribution in [0.25, 0.3) is 39.3 Å². The zero-order valence-corrected chi connectivity index (χ0v) is 18.1. The lowest BCUT2D eigenvalue weighted by atomic mass is 10.0. The Labute approximate surface area is 189 Å². The fourth-order valence-electron chi connectivity index (χ4n) is 3.86. The Morgan fingerprint density at radius 1 is 1.03 bits per heavy atom. The first-order valence-corrected chi connectivity index (χ1v) is 10.0. The van der Waals surface area contributed by atoms with Crippen molar-refractivity contribution in [3.05, 3.63) is 64.2 Å². The van der Waals surface area contributed by atoms with Crippen LogP contribution in [0.4, 0.5) is 13.2 Å². The molecule has 8 nitrogen and oxygen atoms in total. The molecule has 0 saturated heterocycles. The standard InChI is InChI=1S/C23H17F3N4O4/c1-11-16(21-28-18-14(33-3)5-4-6-15(18)34-21)22(31)30-20(27-11)17(19(29-30)23(24,25)26)12-7-9-13(32-2)10-8-12/h4-10,27H,1-3H3. The van der Waals surface area contributed by atoms with E-state index >= 15 is 0 Å². The number of halogens is 3. The van der Waals surface area contributed by atoms with E-state index in [1.807, 2.05) is 0 Å². The third-order valence-corrected chi connectivity index (χ3v) is 5.44. The quantitative estimate of drug-likeness (QED) is 0.404. The van der Waals surface area contributed by atoms with Gasteiger partial charge in [-0.15, -0.1) is 0 Å². The molecule has 174 valence electrons. The van der Waals surface area contributed by atoms with Crippen LogP contribution >= 0.6 is 0 Å². The minimum Gasteiger partial charge on any atom is -0.497 e. The monoisotopic (exact) mass is 470 g/mol. The normalized spacial score (nSPS) is 11.9. The molecule has 0 radical (unpaired) electrons. The Balaban J connectivity index is 1.79. The number of fused-ring (bicyclic) bond motifs is 2. The molecular weight excluding hydrogens is 453 g/mol. The number of ether oxygens (including phenoxy) is 2. The summed E-state index contributed by atoms with van der Waals surface area (Å²) >= 11 is 0. The average molecular weight is 470 g/mol. The molecule has 5 rings (SSSR count). The van der Waals surface area contributed by atoms with Crippen LogP contribution < -0.4 is 15.0 Å². The van der Waals surface area contributed by atoms with Crippen molar-refractivity contribution in [1.29, 1.82) is 0 Å². The first kappa shape index (κ1) is 21.6. The Kier molecular flexibility index (Phi) is 4.85. The summed E-state index contributed by atoms with van der Waals surface area (Å²) in [7, 11) is 2.92. The van der Waals surface area contributed by atoms with Crippen LogP contribution in [-0.2, 0) is 6.18 Å². The van der Waals surface area contributed by atoms with Crippen molar-refractivity contribution in [1.82, 2.24) is 19.6 Å². The summed E-state index contributed by atoms with van der Waals surface area (Å²) in [4.78, 5) is 20.6. The molecule has 5 aromatic rings. The van der Waals surface area contributed by atoms with Crippen LogP contribution in [0.1, 0.15) is 11.4 Å². The minimum atomic E-state index is -4.80. The number of hydrogen-bond acceptors (Lipinski definition) is 6. The van der Waals surface area contributed by atoms with Crippen molar-refractivity contribution in [2.45, 2.75) is 13.1 Å². The first-order valence-electron chi connectivity index (χ1n) is 10.0. The number of oxazole rings is 1. The predicted octanol–water partition coefficient (Wildman–Crippen LogP) is 4.84. The van der Waals surface area contributed by atoms with Crippen LogP contribution in [0.3, 0.4) is 0 Å². The van der Waals surface area contributed by atoms with Gasteiger partial charge in [0.1, 0.15) is 22.7 Å². The van der Waals surface area contributed by atoms with Gasteiger partial charge < -0.3 is 18.9 Å². The van der Waals surface area contributed by atoms with E-state index in [-0.39, 0.29) is 33.9 Å². The lowest BCUT2D eigenvalue weighted by molar-refractivity contribution is -0.140. The molecule has 0 atom stereocenters. The molecular formula is C23H17F3N4O4. The van der Waals surface area contributed by atoms with Gasteiger partial charge in [-0.05, 0) is 36.8 Å². The fourth-order valence-corrected chi connectivity index (χ4v) is 3.86. The molecule has 0 amide bonds. The van der Waals surface area contributed by atoms with Crippen molar-refractivity contribution >= 4 is 16.7 Å². The maximum atomic E-state index is 13.9. The topological polar surface area (TPSA) is 94.7 Å². The van der Waals surface area contributed by atoms with Crippen molar-refractivity contribution in [3.63, 3.8) is 0 Å². The van der Waals surface area contributed by atoms with Gasteiger partial charge in [0.15, 0.2) is 16.8 Å². The second-order valence-electron chi connectivity index (χ2n) is 7.47. The Morgan fingerprint density at radius 2 is 1.76 bits per heavy atom. The largest absolute Gasteiger partial charge is 0.497 e. The van der Waals surface area contributed by atoms with Crippen molar-refractivity contribution in [2.75, 3.05) is 14.2 Å². The molecule has 2 aromatic carbocycles. The number of para-hydroxylation sites is 1. The number of aromatic nitrogens is 4. The molecule has 0 saturated carbocycles. The highest BCUT2D eigenvalue weighted by molar-refractivity contribution is 5.84. The zero-order valence-electron chi connectivity index (χ0n) is 18.1. The number of alkyl halides is 3. The summed E-state index contributed by atoms with van der Waals surface area (Å²) in [5, 5.41) is 3.64. The van der Waals surface area contributed by atoms with E-state index in [1.54, 1.807) is 25.1 Å². The number of rotatable bonds is 4. The Morgan fingerprint density at radius 3 is 2.41 bits per heavy atom. The molecule has 0 fully saturated rings. The Hall–Kier alpha value is -4.28. The van der Waals surface area contributed by atoms with Crippen LogP contribution in [0.15, 0.2) is 51.7 Å². The molecule has 0 aliphatic heterocycles. The number of hydrogen-bond donors (Lipinski definition) is 1. The van der Waals surface area contributed by atoms with Gasteiger partial charge in [0.05, 0.1) is 19.8 Å². The van der Waals surface area contributed by atoms with Crippen molar-refractivity contribution < 1.29 is 27.1 Å². The molecule has 0 bridgehead atoms. The van der Waals surface area contributed by atoms with Gasteiger partial charge in [0.25, 0.3) is 5.56 Å². The van der Waals surface area contributed by atoms with E-state index in [0.717, 1.165) is 0 Å². The van der Waals surface area contributed by atoms with Gasteiger partial charge in [-0.1, -0.05) is 18.2 Å². The maximum absolute atomic E-state index is 13.9. The van der Waals surface area contributed by atoms with Crippen molar-refractivity contribution in [3.8, 4) is 34.1 Å². The molecule has 11 heteroatoms. The maximum Gasteiger partial charge on any atom is 0.435 e. The SMILES string of the molecule is COc1ccc(-c2c(C(F)(F)F)nn3c(=O)c(-c4nc5c(OC)cccc5o4)c(C)[nH]c23)cc1.